The number of rotatable bonds is 5. The number of anilines is 2. The predicted molar refractivity (Wildman–Crippen MR) is 93.3 cm³/mol. The molecule has 1 aliphatic carbocycles. The minimum atomic E-state index is -1.11. The topological polar surface area (TPSA) is 93.5 Å². The maximum Gasteiger partial charge on any atom is 0.119 e. The molecule has 0 amide bonds. The standard InChI is InChI=1S/C18H24FN3O2/c19-9-14(23)10-24-18-8-12(1-4-15(18)21)16-5-2-11-7-13(20)3-6-17(11)22-16/h1,3,6-8,14-16,22-23H,2,4-5,9-10,20-21H2. The molecular weight excluding hydrogens is 309 g/mol. The van der Waals surface area contributed by atoms with Gasteiger partial charge in [-0.2, -0.15) is 0 Å². The first-order chi connectivity index (χ1) is 11.6. The lowest BCUT2D eigenvalue weighted by molar-refractivity contribution is 0.0491. The third-order valence-electron chi connectivity index (χ3n) is 4.47. The second kappa shape index (κ2) is 7.23. The molecule has 3 rings (SSSR count). The zero-order valence-corrected chi connectivity index (χ0v) is 13.5. The fourth-order valence-electron chi connectivity index (χ4n) is 3.11. The molecule has 0 saturated heterocycles. The van der Waals surface area contributed by atoms with E-state index in [1.54, 1.807) is 0 Å². The van der Waals surface area contributed by atoms with Gasteiger partial charge in [-0.3, -0.25) is 0 Å². The van der Waals surface area contributed by atoms with Crippen LogP contribution in [0.5, 0.6) is 0 Å². The van der Waals surface area contributed by atoms with E-state index in [0.717, 1.165) is 29.8 Å². The Bertz CT molecular complexity index is 660. The molecule has 1 aromatic rings. The van der Waals surface area contributed by atoms with Gasteiger partial charge in [0.25, 0.3) is 0 Å². The summed E-state index contributed by atoms with van der Waals surface area (Å²) in [4.78, 5) is 0. The molecule has 24 heavy (non-hydrogen) atoms. The van der Waals surface area contributed by atoms with Crippen LogP contribution in [0, 0.1) is 0 Å². The lowest BCUT2D eigenvalue weighted by Crippen LogP contribution is -2.32. The zero-order valence-electron chi connectivity index (χ0n) is 13.5. The molecule has 5 nitrogen and oxygen atoms in total. The van der Waals surface area contributed by atoms with Gasteiger partial charge in [0, 0.05) is 11.4 Å². The Balaban J connectivity index is 1.70. The molecule has 1 aromatic carbocycles. The smallest absolute Gasteiger partial charge is 0.119 e. The third-order valence-corrected chi connectivity index (χ3v) is 4.47. The highest BCUT2D eigenvalue weighted by atomic mass is 19.1. The van der Waals surface area contributed by atoms with E-state index in [-0.39, 0.29) is 18.7 Å². The van der Waals surface area contributed by atoms with E-state index in [0.29, 0.717) is 12.2 Å². The number of halogens is 1. The molecule has 0 radical (unpaired) electrons. The van der Waals surface area contributed by atoms with Crippen molar-refractivity contribution >= 4 is 11.4 Å². The van der Waals surface area contributed by atoms with Crippen LogP contribution in [-0.4, -0.2) is 36.6 Å². The molecule has 1 heterocycles. The number of ether oxygens (including phenoxy) is 1. The molecular formula is C18H24FN3O2. The van der Waals surface area contributed by atoms with Crippen molar-refractivity contribution in [2.24, 2.45) is 5.73 Å². The fourth-order valence-corrected chi connectivity index (χ4v) is 3.11. The number of aliphatic hydroxyl groups is 1. The second-order valence-electron chi connectivity index (χ2n) is 6.36. The summed E-state index contributed by atoms with van der Waals surface area (Å²) in [6.07, 6.45) is 5.49. The Hall–Kier alpha value is -2.05. The summed E-state index contributed by atoms with van der Waals surface area (Å²) >= 11 is 0. The quantitative estimate of drug-likeness (QED) is 0.618. The van der Waals surface area contributed by atoms with Gasteiger partial charge < -0.3 is 26.6 Å². The first-order valence-corrected chi connectivity index (χ1v) is 8.26. The SMILES string of the molecule is Nc1ccc2c(c1)CCC(C1=CCC(N)C(OCC(O)CF)=C1)N2. The fraction of sp³-hybridized carbons (Fsp3) is 0.444. The van der Waals surface area contributed by atoms with Crippen LogP contribution in [0.4, 0.5) is 15.8 Å². The van der Waals surface area contributed by atoms with Crippen molar-refractivity contribution < 1.29 is 14.2 Å². The highest BCUT2D eigenvalue weighted by Crippen LogP contribution is 2.31. The molecule has 0 fully saturated rings. The Labute approximate surface area is 141 Å². The number of fused-ring (bicyclic) bond motifs is 1. The van der Waals surface area contributed by atoms with Crippen LogP contribution in [0.3, 0.4) is 0 Å². The summed E-state index contributed by atoms with van der Waals surface area (Å²) in [5.41, 5.74) is 16.1. The maximum absolute atomic E-state index is 12.4. The zero-order chi connectivity index (χ0) is 17.1. The maximum atomic E-state index is 12.4. The van der Waals surface area contributed by atoms with Crippen molar-refractivity contribution in [1.29, 1.82) is 0 Å². The largest absolute Gasteiger partial charge is 0.493 e. The number of nitrogens with two attached hydrogens (primary N) is 2. The summed E-state index contributed by atoms with van der Waals surface area (Å²) in [5, 5.41) is 12.8. The molecule has 3 atom stereocenters. The molecule has 0 spiro atoms. The van der Waals surface area contributed by atoms with Crippen molar-refractivity contribution in [3.63, 3.8) is 0 Å². The number of hydrogen-bond acceptors (Lipinski definition) is 5. The molecule has 0 saturated carbocycles. The number of benzene rings is 1. The van der Waals surface area contributed by atoms with E-state index >= 15 is 0 Å². The summed E-state index contributed by atoms with van der Waals surface area (Å²) in [6.45, 7) is -0.904. The third kappa shape index (κ3) is 3.71. The van der Waals surface area contributed by atoms with Crippen molar-refractivity contribution in [2.75, 3.05) is 24.3 Å². The number of hydrogen-bond donors (Lipinski definition) is 4. The molecule has 1 aliphatic heterocycles. The molecule has 0 bridgehead atoms. The number of aryl methyl sites for hydroxylation is 1. The van der Waals surface area contributed by atoms with E-state index in [2.05, 4.69) is 11.4 Å². The summed E-state index contributed by atoms with van der Waals surface area (Å²) < 4.78 is 17.9. The van der Waals surface area contributed by atoms with Gasteiger partial charge in [-0.05, 0) is 54.7 Å². The molecule has 2 aliphatic rings. The molecule has 3 unspecified atom stereocenters. The monoisotopic (exact) mass is 333 g/mol. The molecule has 0 aromatic heterocycles. The lowest BCUT2D eigenvalue weighted by Gasteiger charge is -2.31. The Morgan fingerprint density at radius 1 is 1.42 bits per heavy atom. The van der Waals surface area contributed by atoms with Gasteiger partial charge in [0.05, 0.1) is 12.1 Å². The van der Waals surface area contributed by atoms with Crippen LogP contribution >= 0.6 is 0 Å². The summed E-state index contributed by atoms with van der Waals surface area (Å²) in [6, 6.07) is 5.83. The Morgan fingerprint density at radius 2 is 2.25 bits per heavy atom. The highest BCUT2D eigenvalue weighted by molar-refractivity contribution is 5.61. The van der Waals surface area contributed by atoms with Gasteiger partial charge in [-0.1, -0.05) is 6.08 Å². The van der Waals surface area contributed by atoms with Gasteiger partial charge in [0.2, 0.25) is 0 Å². The van der Waals surface area contributed by atoms with E-state index in [1.807, 2.05) is 24.3 Å². The van der Waals surface area contributed by atoms with Crippen molar-refractivity contribution in [2.45, 2.75) is 37.5 Å². The van der Waals surface area contributed by atoms with E-state index in [4.69, 9.17) is 16.2 Å². The first-order valence-electron chi connectivity index (χ1n) is 8.26. The second-order valence-corrected chi connectivity index (χ2v) is 6.36. The predicted octanol–water partition coefficient (Wildman–Crippen LogP) is 1.88. The van der Waals surface area contributed by atoms with Crippen LogP contribution < -0.4 is 16.8 Å². The van der Waals surface area contributed by atoms with Crippen molar-refractivity contribution in [3.05, 3.63) is 47.2 Å². The van der Waals surface area contributed by atoms with E-state index in [9.17, 15) is 9.50 Å². The number of aliphatic hydroxyl groups excluding tert-OH is 1. The summed E-state index contributed by atoms with van der Waals surface area (Å²) in [5.74, 6) is 0.602. The van der Waals surface area contributed by atoms with Crippen LogP contribution in [-0.2, 0) is 11.2 Å². The minimum absolute atomic E-state index is 0.0798. The Kier molecular flexibility index (Phi) is 5.06. The normalized spacial score (nSPS) is 24.3. The van der Waals surface area contributed by atoms with Crippen molar-refractivity contribution in [1.82, 2.24) is 0 Å². The van der Waals surface area contributed by atoms with Gasteiger partial charge in [0.1, 0.15) is 25.1 Å². The average Bonchev–Trinajstić information content (AvgIpc) is 2.60. The lowest BCUT2D eigenvalue weighted by atomic mass is 9.89. The van der Waals surface area contributed by atoms with Gasteiger partial charge >= 0.3 is 0 Å². The number of nitrogen functional groups attached to an aromatic ring is 1. The van der Waals surface area contributed by atoms with E-state index < -0.39 is 12.8 Å². The number of nitrogens with one attached hydrogen (secondary N) is 1. The molecule has 130 valence electrons. The average molecular weight is 333 g/mol. The van der Waals surface area contributed by atoms with Crippen LogP contribution in [0.1, 0.15) is 18.4 Å². The van der Waals surface area contributed by atoms with Gasteiger partial charge in [-0.25, -0.2) is 4.39 Å². The van der Waals surface area contributed by atoms with Crippen LogP contribution in [0.15, 0.2) is 41.7 Å². The highest BCUT2D eigenvalue weighted by Gasteiger charge is 2.24. The van der Waals surface area contributed by atoms with Crippen molar-refractivity contribution in [3.8, 4) is 0 Å². The molecule has 6 heteroatoms. The first kappa shape index (κ1) is 16.8. The minimum Gasteiger partial charge on any atom is -0.493 e. The molecule has 6 N–H and O–H groups in total. The van der Waals surface area contributed by atoms with Crippen LogP contribution in [0.25, 0.3) is 0 Å². The van der Waals surface area contributed by atoms with E-state index in [1.165, 1.54) is 5.56 Å². The number of alkyl halides is 1. The summed E-state index contributed by atoms with van der Waals surface area (Å²) in [7, 11) is 0. The van der Waals surface area contributed by atoms with Gasteiger partial charge in [-0.15, -0.1) is 0 Å². The van der Waals surface area contributed by atoms with Gasteiger partial charge in [0.15, 0.2) is 0 Å². The van der Waals surface area contributed by atoms with Crippen LogP contribution in [0.2, 0.25) is 0 Å². The Morgan fingerprint density at radius 3 is 3.04 bits per heavy atom.